The summed E-state index contributed by atoms with van der Waals surface area (Å²) in [6.45, 7) is -0.0381. The van der Waals surface area contributed by atoms with Gasteiger partial charge in [-0.25, -0.2) is 4.98 Å². The summed E-state index contributed by atoms with van der Waals surface area (Å²) < 4.78 is 277. The smallest absolute Gasteiger partial charge is 0.382 e. The number of nitrogens with zero attached hydrogens (tertiary/aromatic N) is 4. The van der Waals surface area contributed by atoms with Gasteiger partial charge in [0.25, 0.3) is 6.33 Å². The molecule has 0 aliphatic heterocycles. The number of hydrogen-bond donors (Lipinski definition) is 0. The number of alkyl halides is 8. The first kappa shape index (κ1) is 36.3. The quantitative estimate of drug-likeness (QED) is 0.0863. The third-order valence-electron chi connectivity index (χ3n) is 13.5. The number of benzene rings is 8. The number of imidazole rings is 1. The number of aromatic nitrogens is 4. The predicted octanol–water partition coefficient (Wildman–Crippen LogP) is 17.0. The van der Waals surface area contributed by atoms with Crippen LogP contribution in [0.15, 0.2) is 176 Å². The maximum atomic E-state index is 16.4. The van der Waals surface area contributed by atoms with Crippen molar-refractivity contribution >= 4 is 32.8 Å². The Kier molecular flexibility index (Phi) is 8.67. The zero-order chi connectivity index (χ0) is 67.7. The van der Waals surface area contributed by atoms with Crippen molar-refractivity contribution in [1.82, 2.24) is 14.1 Å². The van der Waals surface area contributed by atoms with Gasteiger partial charge in [-0.2, -0.15) is 53.3 Å². The van der Waals surface area contributed by atoms with Crippen LogP contribution in [0.2, 0.25) is 0 Å². The molecular formula is C64H44F8N4OPt-2. The van der Waals surface area contributed by atoms with Crippen molar-refractivity contribution in [3.63, 3.8) is 0 Å². The molecule has 0 bridgehead atoms. The Labute approximate surface area is 480 Å². The number of hydrogen-bond acceptors (Lipinski definition) is 2. The van der Waals surface area contributed by atoms with E-state index >= 15 is 35.1 Å². The normalized spacial score (nSPS) is 18.6. The predicted molar refractivity (Wildman–Crippen MR) is 282 cm³/mol. The molecule has 78 heavy (non-hydrogen) atoms. The molecule has 0 fully saturated rings. The van der Waals surface area contributed by atoms with Gasteiger partial charge in [-0.3, -0.25) is 4.57 Å². The monoisotopic (exact) mass is 1250 g/mol. The van der Waals surface area contributed by atoms with Crippen molar-refractivity contribution in [2.24, 2.45) is 0 Å². The summed E-state index contributed by atoms with van der Waals surface area (Å²) in [4.78, 5) is 4.71. The summed E-state index contributed by atoms with van der Waals surface area (Å²) >= 11 is 0. The fourth-order valence-electron chi connectivity index (χ4n) is 9.72. The number of pyridine rings is 1. The van der Waals surface area contributed by atoms with E-state index in [1.54, 1.807) is 35.0 Å². The number of ether oxygens (including phenoxy) is 1. The van der Waals surface area contributed by atoms with Gasteiger partial charge in [-0.05, 0) is 88.3 Å². The van der Waals surface area contributed by atoms with Gasteiger partial charge >= 0.3 is 23.7 Å². The molecule has 5 nitrogen and oxygen atoms in total. The van der Waals surface area contributed by atoms with E-state index in [-0.39, 0.29) is 55.6 Å². The molecule has 0 N–H and O–H groups in total. The van der Waals surface area contributed by atoms with Crippen molar-refractivity contribution in [3.8, 4) is 62.1 Å². The average Bonchev–Trinajstić information content (AvgIpc) is 0.981. The Morgan fingerprint density at radius 1 is 0.628 bits per heavy atom. The van der Waals surface area contributed by atoms with Crippen molar-refractivity contribution in [3.05, 3.63) is 222 Å². The minimum absolute atomic E-state index is 0. The molecule has 0 saturated heterocycles. The fraction of sp³-hybridized carbons (Fsp3) is 0.156. The van der Waals surface area contributed by atoms with E-state index in [2.05, 4.69) is 18.5 Å². The number of rotatable bonds is 8. The van der Waals surface area contributed by atoms with Gasteiger partial charge in [-0.15, -0.1) is 23.6 Å². The van der Waals surface area contributed by atoms with Crippen LogP contribution in [-0.2, 0) is 38.3 Å². The molecule has 12 rings (SSSR count). The largest absolute Gasteiger partial charge is 0.509 e. The third kappa shape index (κ3) is 7.98. The number of aryl methyl sites for hydroxylation is 2. The van der Waals surface area contributed by atoms with Crippen LogP contribution in [0.1, 0.15) is 70.5 Å². The molecular weight excluding hydrogens is 1190 g/mol. The number of halogens is 8. The van der Waals surface area contributed by atoms with Gasteiger partial charge < -0.3 is 13.9 Å². The maximum Gasteiger partial charge on any atom is 0.382 e. The molecule has 8 aromatic carbocycles. The van der Waals surface area contributed by atoms with Crippen LogP contribution >= 0.6 is 0 Å². The van der Waals surface area contributed by atoms with Crippen molar-refractivity contribution in [1.29, 1.82) is 0 Å². The van der Waals surface area contributed by atoms with Gasteiger partial charge in [0.1, 0.15) is 5.82 Å². The fourth-order valence-corrected chi connectivity index (χ4v) is 9.72. The van der Waals surface area contributed by atoms with Crippen LogP contribution in [0.4, 0.5) is 35.1 Å². The molecule has 0 amide bonds. The molecule has 14 heteroatoms. The average molecular weight is 1250 g/mol. The Bertz CT molecular complexity index is 4850. The van der Waals surface area contributed by atoms with Gasteiger partial charge in [-0.1, -0.05) is 164 Å². The van der Waals surface area contributed by atoms with Crippen LogP contribution in [0.25, 0.3) is 83.4 Å². The van der Waals surface area contributed by atoms with Gasteiger partial charge in [0.05, 0.1) is 30.4 Å². The van der Waals surface area contributed by atoms with Gasteiger partial charge in [0.15, 0.2) is 0 Å². The third-order valence-corrected chi connectivity index (χ3v) is 13.5. The first-order valence-electron chi connectivity index (χ1n) is 31.4. The first-order valence-corrected chi connectivity index (χ1v) is 23.4. The van der Waals surface area contributed by atoms with Crippen LogP contribution in [0.5, 0.6) is 11.5 Å². The van der Waals surface area contributed by atoms with Crippen LogP contribution in [0, 0.1) is 32.2 Å². The Morgan fingerprint density at radius 2 is 1.23 bits per heavy atom. The molecule has 0 atom stereocenters. The van der Waals surface area contributed by atoms with E-state index in [4.69, 9.17) is 31.7 Å². The van der Waals surface area contributed by atoms with Gasteiger partial charge in [0.2, 0.25) is 0 Å². The second kappa shape index (κ2) is 18.6. The Hall–Kier alpha value is -7.89. The maximum absolute atomic E-state index is 16.4. The molecule has 11 aromatic rings. The molecule has 0 spiro atoms. The van der Waals surface area contributed by atoms with Crippen molar-refractivity contribution in [2.75, 3.05) is 0 Å². The molecule has 1 aliphatic rings. The Balaban J connectivity index is 0.00000901. The van der Waals surface area contributed by atoms with Crippen molar-refractivity contribution < 1.29 is 87.4 Å². The van der Waals surface area contributed by atoms with Crippen LogP contribution in [0.3, 0.4) is 0 Å². The number of fused-ring (bicyclic) bond motifs is 5. The molecule has 3 aromatic heterocycles. The molecule has 0 saturated carbocycles. The minimum Gasteiger partial charge on any atom is -0.509 e. The first-order chi connectivity index (χ1) is 43.2. The van der Waals surface area contributed by atoms with E-state index in [1.807, 2.05) is 32.9 Å². The minimum atomic E-state index is -6.79. The van der Waals surface area contributed by atoms with E-state index in [9.17, 15) is 0 Å². The molecule has 394 valence electrons. The standard InChI is InChI=1S/C64H44F8N4O.Pt/c1-38-17-14-18-39(2)58(38)49-33-48-47-25-12-13-28-52(47)76(57-31-42(29-30-73-57)60(3,4)5)53(48)36-56(49)77-44-24-15-23-43(32-44)74-37-75(55-35-51-50(34-54(55)74)61(65,66)63(69,70)64(71,72)62(51,67)68)59-45(40-19-8-6-9-20-40)26-16-27-46(59)41-21-10-7-11-22-41;/h6-31,33-35H,1-5H3;/q-2;/i1D3,2D3,6D,7D,8D,9D,10D,11D,19D,20D,21D,22D;. The summed E-state index contributed by atoms with van der Waals surface area (Å²) in [6.07, 6.45) is 4.30. The zero-order valence-corrected chi connectivity index (χ0v) is 42.8. The molecule has 0 unspecified atom stereocenters. The van der Waals surface area contributed by atoms with E-state index in [0.717, 1.165) is 34.4 Å². The van der Waals surface area contributed by atoms with E-state index in [0.29, 0.717) is 26.7 Å². The SMILES string of the molecule is [2H]c1c([2H])c([2H])c(-c2cccc(-c3c([2H])c([2H])c([2H])c([2H])c3[2H])c2-[n+]2[c-]n(-c3[c-]c(Oc4[c-]c5c(cc4-c4c(C([2H])([2H])[2H])cccc4C([2H])([2H])[2H])c4ccccc4n5-c4cc(C(C)(C)C)ccn4)ccc3)c3cc4c(cc32)C(F)(F)C(F)(F)C(F)(F)C4(F)F)c([2H])c1[2H].[Pt]. The van der Waals surface area contributed by atoms with Gasteiger partial charge in [0, 0.05) is 63.6 Å². The topological polar surface area (TPSA) is 35.9 Å². The molecule has 0 radical (unpaired) electrons. The van der Waals surface area contributed by atoms with E-state index < -0.39 is 176 Å². The van der Waals surface area contributed by atoms with Crippen LogP contribution in [-0.4, -0.2) is 26.0 Å². The molecule has 3 heterocycles. The molecule has 1 aliphatic carbocycles. The Morgan fingerprint density at radius 3 is 1.86 bits per heavy atom. The summed E-state index contributed by atoms with van der Waals surface area (Å²) in [5, 5.41) is 0.956. The summed E-state index contributed by atoms with van der Waals surface area (Å²) in [5.74, 6) is -26.2. The van der Waals surface area contributed by atoms with Crippen LogP contribution < -0.4 is 9.30 Å². The number of para-hydroxylation sites is 2. The van der Waals surface area contributed by atoms with Crippen molar-refractivity contribution in [2.45, 2.75) is 63.6 Å². The second-order valence-corrected chi connectivity index (χ2v) is 19.2. The second-order valence-electron chi connectivity index (χ2n) is 19.2. The zero-order valence-electron chi connectivity index (χ0n) is 56.5. The summed E-state index contributed by atoms with van der Waals surface area (Å²) in [7, 11) is 0. The summed E-state index contributed by atoms with van der Waals surface area (Å²) in [6, 6.07) is 19.7. The summed E-state index contributed by atoms with van der Waals surface area (Å²) in [5.41, 5.74) is -10.1. The van der Waals surface area contributed by atoms with E-state index in [1.165, 1.54) is 36.4 Å².